The lowest BCUT2D eigenvalue weighted by molar-refractivity contribution is 0.474. The maximum Gasteiger partial charge on any atom is 0.243 e. The molecule has 0 saturated carbocycles. The summed E-state index contributed by atoms with van der Waals surface area (Å²) in [6.45, 7) is 7.41. The maximum absolute atomic E-state index is 12.9. The Kier molecular flexibility index (Phi) is 4.89. The number of benzene rings is 2. The van der Waals surface area contributed by atoms with Crippen LogP contribution in [0.2, 0.25) is 0 Å². The van der Waals surface area contributed by atoms with E-state index in [4.69, 9.17) is 0 Å². The normalized spacial score (nSPS) is 19.1. The van der Waals surface area contributed by atoms with E-state index in [0.29, 0.717) is 18.0 Å². The van der Waals surface area contributed by atoms with Gasteiger partial charge in [-0.25, -0.2) is 8.42 Å². The van der Waals surface area contributed by atoms with E-state index >= 15 is 0 Å². The minimum absolute atomic E-state index is 0.0145. The average molecular weight is 359 g/mol. The van der Waals surface area contributed by atoms with Gasteiger partial charge in [0.25, 0.3) is 0 Å². The number of sulfonamides is 1. The molecule has 1 aliphatic heterocycles. The van der Waals surface area contributed by atoms with Crippen LogP contribution in [0.4, 0.5) is 5.69 Å². The highest BCUT2D eigenvalue weighted by Crippen LogP contribution is 2.26. The fraction of sp³-hybridized carbons (Fsp3) is 0.400. The van der Waals surface area contributed by atoms with Crippen LogP contribution in [0.5, 0.6) is 0 Å². The monoisotopic (exact) mass is 358 g/mol. The van der Waals surface area contributed by atoms with Crippen molar-refractivity contribution >= 4 is 15.7 Å². The lowest BCUT2D eigenvalue weighted by Crippen LogP contribution is -2.31. The fourth-order valence-corrected chi connectivity index (χ4v) is 4.61. The van der Waals surface area contributed by atoms with Gasteiger partial charge >= 0.3 is 0 Å². The van der Waals surface area contributed by atoms with Gasteiger partial charge in [0.2, 0.25) is 10.0 Å². The molecule has 25 heavy (non-hydrogen) atoms. The summed E-state index contributed by atoms with van der Waals surface area (Å²) in [6.07, 6.45) is 0.814. The van der Waals surface area contributed by atoms with E-state index in [9.17, 15) is 8.42 Å². The Morgan fingerprint density at radius 2 is 1.64 bits per heavy atom. The molecule has 3 rings (SSSR count). The Morgan fingerprint density at radius 3 is 2.24 bits per heavy atom. The molecule has 0 bridgehead atoms. The van der Waals surface area contributed by atoms with Crippen molar-refractivity contribution in [3.63, 3.8) is 0 Å². The van der Waals surface area contributed by atoms with Gasteiger partial charge in [0.1, 0.15) is 0 Å². The molecular formula is C20H26N2O2S. The van der Waals surface area contributed by atoms with Crippen molar-refractivity contribution in [1.29, 1.82) is 0 Å². The van der Waals surface area contributed by atoms with E-state index in [-0.39, 0.29) is 11.5 Å². The summed E-state index contributed by atoms with van der Waals surface area (Å²) in [4.78, 5) is 0.376. The lowest BCUT2D eigenvalue weighted by Gasteiger charge is -2.21. The number of para-hydroxylation sites is 1. The van der Waals surface area contributed by atoms with Gasteiger partial charge in [0.15, 0.2) is 0 Å². The number of hydrogen-bond acceptors (Lipinski definition) is 3. The van der Waals surface area contributed by atoms with Gasteiger partial charge in [-0.05, 0) is 41.7 Å². The maximum atomic E-state index is 12.9. The Bertz CT molecular complexity index is 809. The first-order valence-electron chi connectivity index (χ1n) is 8.69. The van der Waals surface area contributed by atoms with Crippen molar-refractivity contribution in [2.24, 2.45) is 0 Å². The number of rotatable bonds is 4. The fourth-order valence-electron chi connectivity index (χ4n) is 3.11. The molecule has 134 valence electrons. The molecule has 0 radical (unpaired) electrons. The molecule has 1 fully saturated rings. The van der Waals surface area contributed by atoms with Gasteiger partial charge < -0.3 is 5.32 Å². The molecule has 1 aliphatic rings. The number of hydrogen-bond donors (Lipinski definition) is 1. The predicted octanol–water partition coefficient (Wildman–Crippen LogP) is 3.86. The van der Waals surface area contributed by atoms with E-state index in [1.165, 1.54) is 0 Å². The summed E-state index contributed by atoms with van der Waals surface area (Å²) in [5, 5.41) is 3.42. The molecule has 0 aromatic heterocycles. The molecule has 2 aromatic rings. The molecule has 1 heterocycles. The predicted molar refractivity (Wildman–Crippen MR) is 102 cm³/mol. The van der Waals surface area contributed by atoms with E-state index in [1.54, 1.807) is 16.4 Å². The van der Waals surface area contributed by atoms with Gasteiger partial charge in [-0.2, -0.15) is 4.31 Å². The van der Waals surface area contributed by atoms with Crippen molar-refractivity contribution in [1.82, 2.24) is 4.31 Å². The van der Waals surface area contributed by atoms with Crippen LogP contribution in [0.3, 0.4) is 0 Å². The molecule has 0 amide bonds. The van der Waals surface area contributed by atoms with Gasteiger partial charge in [-0.3, -0.25) is 0 Å². The molecule has 5 heteroatoms. The van der Waals surface area contributed by atoms with Crippen LogP contribution in [0, 0.1) is 0 Å². The third-order valence-electron chi connectivity index (χ3n) is 4.65. The van der Waals surface area contributed by atoms with E-state index in [2.05, 4.69) is 26.1 Å². The number of anilines is 1. The first kappa shape index (κ1) is 18.0. The van der Waals surface area contributed by atoms with Gasteiger partial charge in [0.05, 0.1) is 4.90 Å². The zero-order valence-electron chi connectivity index (χ0n) is 15.1. The largest absolute Gasteiger partial charge is 0.381 e. The zero-order valence-corrected chi connectivity index (χ0v) is 15.9. The Balaban J connectivity index is 1.71. The van der Waals surface area contributed by atoms with Crippen LogP contribution >= 0.6 is 0 Å². The highest BCUT2D eigenvalue weighted by molar-refractivity contribution is 7.89. The van der Waals surface area contributed by atoms with Crippen LogP contribution in [-0.4, -0.2) is 31.9 Å². The molecule has 1 atom stereocenters. The van der Waals surface area contributed by atoms with Gasteiger partial charge in [-0.1, -0.05) is 51.1 Å². The summed E-state index contributed by atoms with van der Waals surface area (Å²) >= 11 is 0. The quantitative estimate of drug-likeness (QED) is 0.903. The number of nitrogens with one attached hydrogen (secondary N) is 1. The topological polar surface area (TPSA) is 49.4 Å². The summed E-state index contributed by atoms with van der Waals surface area (Å²) < 4.78 is 27.4. The Labute approximate surface area is 150 Å². The minimum atomic E-state index is -3.43. The van der Waals surface area contributed by atoms with Crippen LogP contribution in [0.15, 0.2) is 59.5 Å². The third kappa shape index (κ3) is 4.05. The Morgan fingerprint density at radius 1 is 1.00 bits per heavy atom. The van der Waals surface area contributed by atoms with Crippen LogP contribution in [0.25, 0.3) is 0 Å². The second-order valence-electron chi connectivity index (χ2n) is 7.63. The standard InChI is InChI=1S/C20H26N2O2S/c1-20(2,3)16-9-11-19(12-10-16)25(23,24)22-14-13-18(15-22)21-17-7-5-4-6-8-17/h4-12,18,21H,13-15H2,1-3H3. The summed E-state index contributed by atoms with van der Waals surface area (Å²) in [7, 11) is -3.43. The molecule has 0 aliphatic carbocycles. The first-order valence-corrected chi connectivity index (χ1v) is 10.1. The Hall–Kier alpha value is -1.85. The summed E-state index contributed by atoms with van der Waals surface area (Å²) in [5.74, 6) is 0. The van der Waals surface area contributed by atoms with E-state index < -0.39 is 10.0 Å². The molecule has 2 aromatic carbocycles. The SMILES string of the molecule is CC(C)(C)c1ccc(S(=O)(=O)N2CCC(Nc3ccccc3)C2)cc1. The van der Waals surface area contributed by atoms with E-state index in [0.717, 1.165) is 17.7 Å². The highest BCUT2D eigenvalue weighted by Gasteiger charge is 2.32. The van der Waals surface area contributed by atoms with Crippen molar-refractivity contribution in [2.75, 3.05) is 18.4 Å². The molecule has 1 unspecified atom stereocenters. The van der Waals surface area contributed by atoms with Crippen molar-refractivity contribution in [3.8, 4) is 0 Å². The van der Waals surface area contributed by atoms with Crippen molar-refractivity contribution in [2.45, 2.75) is 43.5 Å². The minimum Gasteiger partial charge on any atom is -0.381 e. The molecule has 0 spiro atoms. The molecule has 1 N–H and O–H groups in total. The smallest absolute Gasteiger partial charge is 0.243 e. The average Bonchev–Trinajstić information content (AvgIpc) is 3.04. The van der Waals surface area contributed by atoms with Crippen molar-refractivity contribution in [3.05, 3.63) is 60.2 Å². The van der Waals surface area contributed by atoms with Crippen molar-refractivity contribution < 1.29 is 8.42 Å². The zero-order chi connectivity index (χ0) is 18.1. The molecule has 1 saturated heterocycles. The third-order valence-corrected chi connectivity index (χ3v) is 6.53. The summed E-state index contributed by atoms with van der Waals surface area (Å²) in [5.41, 5.74) is 2.18. The van der Waals surface area contributed by atoms with Crippen LogP contribution in [0.1, 0.15) is 32.8 Å². The first-order chi connectivity index (χ1) is 11.8. The second kappa shape index (κ2) is 6.81. The summed E-state index contributed by atoms with van der Waals surface area (Å²) in [6, 6.07) is 17.4. The lowest BCUT2D eigenvalue weighted by atomic mass is 9.87. The van der Waals surface area contributed by atoms with E-state index in [1.807, 2.05) is 42.5 Å². The van der Waals surface area contributed by atoms with Crippen LogP contribution < -0.4 is 5.32 Å². The van der Waals surface area contributed by atoms with Crippen LogP contribution in [-0.2, 0) is 15.4 Å². The van der Waals surface area contributed by atoms with Gasteiger partial charge in [0, 0.05) is 24.8 Å². The van der Waals surface area contributed by atoms with Gasteiger partial charge in [-0.15, -0.1) is 0 Å². The second-order valence-corrected chi connectivity index (χ2v) is 9.57. The molecular weight excluding hydrogens is 332 g/mol. The number of nitrogens with zero attached hydrogens (tertiary/aromatic N) is 1. The molecule has 4 nitrogen and oxygen atoms in total. The highest BCUT2D eigenvalue weighted by atomic mass is 32.2.